The Labute approximate surface area is 115 Å². The van der Waals surface area contributed by atoms with E-state index >= 15 is 0 Å². The predicted molar refractivity (Wildman–Crippen MR) is 78.2 cm³/mol. The number of likely N-dealkylation sites (tertiary alicyclic amines) is 1. The summed E-state index contributed by atoms with van der Waals surface area (Å²) >= 11 is 0. The van der Waals surface area contributed by atoms with Gasteiger partial charge in [0.25, 0.3) is 0 Å². The number of benzene rings is 1. The van der Waals surface area contributed by atoms with E-state index in [1.54, 1.807) is 0 Å². The van der Waals surface area contributed by atoms with Gasteiger partial charge in [-0.25, -0.2) is 0 Å². The minimum Gasteiger partial charge on any atom is -0.376 e. The molecule has 4 heteroatoms. The van der Waals surface area contributed by atoms with Crippen molar-refractivity contribution in [3.8, 4) is 0 Å². The fourth-order valence-corrected chi connectivity index (χ4v) is 2.34. The zero-order valence-electron chi connectivity index (χ0n) is 11.4. The quantitative estimate of drug-likeness (QED) is 0.819. The van der Waals surface area contributed by atoms with Gasteiger partial charge in [0.2, 0.25) is 5.91 Å². The van der Waals surface area contributed by atoms with E-state index in [1.165, 1.54) is 32.4 Å². The van der Waals surface area contributed by atoms with E-state index in [0.717, 1.165) is 18.8 Å². The average Bonchev–Trinajstić information content (AvgIpc) is 2.47. The first kappa shape index (κ1) is 13.9. The number of anilines is 1. The molecule has 1 aliphatic rings. The van der Waals surface area contributed by atoms with Crippen molar-refractivity contribution >= 4 is 11.6 Å². The number of hydrogen-bond acceptors (Lipinski definition) is 3. The van der Waals surface area contributed by atoms with E-state index in [-0.39, 0.29) is 5.91 Å². The van der Waals surface area contributed by atoms with E-state index in [0.29, 0.717) is 6.54 Å². The fourth-order valence-electron chi connectivity index (χ4n) is 2.34. The van der Waals surface area contributed by atoms with Crippen LogP contribution in [0.5, 0.6) is 0 Å². The molecule has 19 heavy (non-hydrogen) atoms. The van der Waals surface area contributed by atoms with Crippen LogP contribution in [0.4, 0.5) is 5.69 Å². The summed E-state index contributed by atoms with van der Waals surface area (Å²) in [5.41, 5.74) is 0.980. The summed E-state index contributed by atoms with van der Waals surface area (Å²) in [5, 5.41) is 6.06. The number of piperidine rings is 1. The Morgan fingerprint density at radius 1 is 1.11 bits per heavy atom. The van der Waals surface area contributed by atoms with Gasteiger partial charge in [0, 0.05) is 18.8 Å². The van der Waals surface area contributed by atoms with Crippen molar-refractivity contribution in [1.29, 1.82) is 0 Å². The Morgan fingerprint density at radius 2 is 1.84 bits per heavy atom. The Kier molecular flexibility index (Phi) is 5.69. The maximum Gasteiger partial charge on any atom is 0.239 e. The maximum absolute atomic E-state index is 11.7. The third-order valence-corrected chi connectivity index (χ3v) is 3.43. The van der Waals surface area contributed by atoms with Gasteiger partial charge < -0.3 is 15.5 Å². The molecule has 2 rings (SSSR count). The number of nitrogens with zero attached hydrogens (tertiary/aromatic N) is 1. The van der Waals surface area contributed by atoms with Crippen LogP contribution in [-0.2, 0) is 4.79 Å². The van der Waals surface area contributed by atoms with Gasteiger partial charge in [0.05, 0.1) is 6.54 Å². The summed E-state index contributed by atoms with van der Waals surface area (Å²) in [7, 11) is 0. The van der Waals surface area contributed by atoms with E-state index in [9.17, 15) is 4.79 Å². The Hall–Kier alpha value is -1.55. The van der Waals surface area contributed by atoms with Gasteiger partial charge in [-0.15, -0.1) is 0 Å². The summed E-state index contributed by atoms with van der Waals surface area (Å²) in [5.74, 6) is 0.0564. The van der Waals surface area contributed by atoms with Crippen LogP contribution >= 0.6 is 0 Å². The van der Waals surface area contributed by atoms with E-state index in [2.05, 4.69) is 15.5 Å². The molecule has 4 nitrogen and oxygen atoms in total. The van der Waals surface area contributed by atoms with Gasteiger partial charge in [0.1, 0.15) is 0 Å². The Bertz CT molecular complexity index is 374. The largest absolute Gasteiger partial charge is 0.376 e. The number of rotatable bonds is 6. The van der Waals surface area contributed by atoms with Crippen LogP contribution in [0.15, 0.2) is 30.3 Å². The van der Waals surface area contributed by atoms with E-state index in [4.69, 9.17) is 0 Å². The zero-order chi connectivity index (χ0) is 13.3. The summed E-state index contributed by atoms with van der Waals surface area (Å²) in [4.78, 5) is 14.1. The highest BCUT2D eigenvalue weighted by molar-refractivity contribution is 5.80. The molecule has 0 spiro atoms. The molecule has 2 N–H and O–H groups in total. The predicted octanol–water partition coefficient (Wildman–Crippen LogP) is 1.70. The standard InChI is InChI=1S/C15H23N3O/c19-15(13-17-14-7-3-1-4-8-14)16-9-12-18-10-5-2-6-11-18/h1,3-4,7-8,17H,2,5-6,9-13H2,(H,16,19). The molecule has 0 unspecified atom stereocenters. The van der Waals surface area contributed by atoms with E-state index in [1.807, 2.05) is 30.3 Å². The molecule has 1 aliphatic heterocycles. The van der Waals surface area contributed by atoms with Gasteiger partial charge in [-0.2, -0.15) is 0 Å². The lowest BCUT2D eigenvalue weighted by molar-refractivity contribution is -0.119. The summed E-state index contributed by atoms with van der Waals surface area (Å²) in [6.45, 7) is 4.41. The molecule has 0 aromatic heterocycles. The molecule has 1 amide bonds. The van der Waals surface area contributed by atoms with Crippen molar-refractivity contribution in [2.24, 2.45) is 0 Å². The molecule has 1 aromatic carbocycles. The SMILES string of the molecule is O=C(CNc1ccccc1)NCCN1CCCCC1. The Morgan fingerprint density at radius 3 is 2.58 bits per heavy atom. The topological polar surface area (TPSA) is 44.4 Å². The van der Waals surface area contributed by atoms with Crippen LogP contribution in [0.3, 0.4) is 0 Å². The van der Waals surface area contributed by atoms with Crippen molar-refractivity contribution in [2.75, 3.05) is 38.0 Å². The first-order valence-corrected chi connectivity index (χ1v) is 7.12. The number of para-hydroxylation sites is 1. The normalized spacial score (nSPS) is 16.0. The van der Waals surface area contributed by atoms with Gasteiger partial charge in [-0.05, 0) is 38.1 Å². The van der Waals surface area contributed by atoms with Gasteiger partial charge >= 0.3 is 0 Å². The second-order valence-electron chi connectivity index (χ2n) is 4.97. The van der Waals surface area contributed by atoms with Crippen LogP contribution in [0.25, 0.3) is 0 Å². The second kappa shape index (κ2) is 7.79. The van der Waals surface area contributed by atoms with Crippen LogP contribution in [0, 0.1) is 0 Å². The highest BCUT2D eigenvalue weighted by Crippen LogP contribution is 2.07. The van der Waals surface area contributed by atoms with Crippen molar-refractivity contribution in [1.82, 2.24) is 10.2 Å². The first-order valence-electron chi connectivity index (χ1n) is 7.12. The number of carbonyl (C=O) groups is 1. The van der Waals surface area contributed by atoms with Gasteiger partial charge in [-0.3, -0.25) is 4.79 Å². The van der Waals surface area contributed by atoms with Crippen LogP contribution < -0.4 is 10.6 Å². The van der Waals surface area contributed by atoms with Crippen molar-refractivity contribution in [3.63, 3.8) is 0 Å². The highest BCUT2D eigenvalue weighted by atomic mass is 16.1. The molecule has 1 aromatic rings. The smallest absolute Gasteiger partial charge is 0.239 e. The lowest BCUT2D eigenvalue weighted by Gasteiger charge is -2.26. The molecule has 0 atom stereocenters. The summed E-state index contributed by atoms with van der Waals surface area (Å²) in [6, 6.07) is 9.79. The molecular weight excluding hydrogens is 238 g/mol. The third kappa shape index (κ3) is 5.30. The number of nitrogens with one attached hydrogen (secondary N) is 2. The Balaban J connectivity index is 1.57. The lowest BCUT2D eigenvalue weighted by Crippen LogP contribution is -2.39. The van der Waals surface area contributed by atoms with Crippen LogP contribution in [0.1, 0.15) is 19.3 Å². The minimum absolute atomic E-state index is 0.0564. The second-order valence-corrected chi connectivity index (χ2v) is 4.97. The summed E-state index contributed by atoms with van der Waals surface area (Å²) < 4.78 is 0. The van der Waals surface area contributed by atoms with E-state index < -0.39 is 0 Å². The monoisotopic (exact) mass is 261 g/mol. The third-order valence-electron chi connectivity index (χ3n) is 3.43. The molecule has 1 fully saturated rings. The zero-order valence-corrected chi connectivity index (χ0v) is 11.4. The molecule has 1 heterocycles. The number of hydrogen-bond donors (Lipinski definition) is 2. The van der Waals surface area contributed by atoms with Crippen molar-refractivity contribution in [2.45, 2.75) is 19.3 Å². The molecule has 0 aliphatic carbocycles. The molecule has 0 radical (unpaired) electrons. The van der Waals surface area contributed by atoms with Gasteiger partial charge in [0.15, 0.2) is 0 Å². The minimum atomic E-state index is 0.0564. The molecule has 0 saturated carbocycles. The fraction of sp³-hybridized carbons (Fsp3) is 0.533. The molecule has 0 bridgehead atoms. The summed E-state index contributed by atoms with van der Waals surface area (Å²) in [6.07, 6.45) is 3.94. The lowest BCUT2D eigenvalue weighted by atomic mass is 10.1. The molecule has 104 valence electrons. The van der Waals surface area contributed by atoms with Crippen molar-refractivity contribution < 1.29 is 4.79 Å². The number of amides is 1. The number of carbonyl (C=O) groups excluding carboxylic acids is 1. The van der Waals surface area contributed by atoms with Crippen molar-refractivity contribution in [3.05, 3.63) is 30.3 Å². The molecule has 1 saturated heterocycles. The first-order chi connectivity index (χ1) is 9.34. The maximum atomic E-state index is 11.7. The van der Waals surface area contributed by atoms with Crippen LogP contribution in [0.2, 0.25) is 0 Å². The van der Waals surface area contributed by atoms with Gasteiger partial charge in [-0.1, -0.05) is 24.6 Å². The molecular formula is C15H23N3O. The highest BCUT2D eigenvalue weighted by Gasteiger charge is 2.09. The van der Waals surface area contributed by atoms with Crippen LogP contribution in [-0.4, -0.2) is 43.5 Å². The average molecular weight is 261 g/mol.